The lowest BCUT2D eigenvalue weighted by atomic mass is 10.1. The second-order valence-corrected chi connectivity index (χ2v) is 10.1. The lowest BCUT2D eigenvalue weighted by molar-refractivity contribution is 0.599. The lowest BCUT2D eigenvalue weighted by Gasteiger charge is -2.12. The SMILES string of the molecule is O=S(=O)(Nc1ccc(S(=O)(=O)Nc2cccc3ccccc23)cc1)c1ccc(F)cc1. The van der Waals surface area contributed by atoms with Gasteiger partial charge in [-0.05, 0) is 60.0 Å². The standard InChI is InChI=1S/C22H17FN2O4S2/c23-17-8-12-19(13-9-17)30(26,27)24-18-10-14-20(15-11-18)31(28,29)25-22-7-3-5-16-4-1-2-6-21(16)22/h1-15,24-25H. The summed E-state index contributed by atoms with van der Waals surface area (Å²) in [7, 11) is -7.82. The van der Waals surface area contributed by atoms with Gasteiger partial charge in [0.25, 0.3) is 20.0 Å². The Balaban J connectivity index is 1.56. The molecule has 0 aliphatic heterocycles. The Kier molecular flexibility index (Phi) is 5.38. The number of anilines is 2. The van der Waals surface area contributed by atoms with Crippen molar-refractivity contribution >= 4 is 42.2 Å². The van der Waals surface area contributed by atoms with Gasteiger partial charge in [-0.1, -0.05) is 36.4 Å². The Labute approximate surface area is 179 Å². The van der Waals surface area contributed by atoms with E-state index in [0.717, 1.165) is 35.0 Å². The van der Waals surface area contributed by atoms with E-state index in [4.69, 9.17) is 0 Å². The van der Waals surface area contributed by atoms with E-state index in [1.165, 1.54) is 24.3 Å². The Morgan fingerprint density at radius 3 is 1.81 bits per heavy atom. The summed E-state index contributed by atoms with van der Waals surface area (Å²) in [6.07, 6.45) is 0. The summed E-state index contributed by atoms with van der Waals surface area (Å²) in [5.41, 5.74) is 0.618. The van der Waals surface area contributed by atoms with Crippen LogP contribution in [-0.2, 0) is 20.0 Å². The summed E-state index contributed by atoms with van der Waals surface area (Å²) in [6.45, 7) is 0. The first-order chi connectivity index (χ1) is 14.7. The smallest absolute Gasteiger partial charge is 0.261 e. The molecule has 0 radical (unpaired) electrons. The number of hydrogen-bond acceptors (Lipinski definition) is 4. The second-order valence-electron chi connectivity index (χ2n) is 6.72. The van der Waals surface area contributed by atoms with Crippen LogP contribution in [0.4, 0.5) is 15.8 Å². The molecule has 9 heteroatoms. The van der Waals surface area contributed by atoms with Crippen LogP contribution in [0.25, 0.3) is 10.8 Å². The van der Waals surface area contributed by atoms with Crippen LogP contribution in [0.3, 0.4) is 0 Å². The van der Waals surface area contributed by atoms with Gasteiger partial charge in [0.2, 0.25) is 0 Å². The maximum Gasteiger partial charge on any atom is 0.261 e. The molecule has 0 atom stereocenters. The van der Waals surface area contributed by atoms with Crippen LogP contribution in [0.2, 0.25) is 0 Å². The average molecular weight is 457 g/mol. The van der Waals surface area contributed by atoms with E-state index in [1.54, 1.807) is 12.1 Å². The van der Waals surface area contributed by atoms with Crippen LogP contribution in [-0.4, -0.2) is 16.8 Å². The van der Waals surface area contributed by atoms with Gasteiger partial charge in [0.1, 0.15) is 5.82 Å². The highest BCUT2D eigenvalue weighted by Crippen LogP contribution is 2.26. The number of rotatable bonds is 6. The Hall–Kier alpha value is -3.43. The van der Waals surface area contributed by atoms with Crippen LogP contribution in [0.1, 0.15) is 0 Å². The van der Waals surface area contributed by atoms with Gasteiger partial charge in [-0.15, -0.1) is 0 Å². The van der Waals surface area contributed by atoms with Gasteiger partial charge in [-0.25, -0.2) is 21.2 Å². The molecule has 0 unspecified atom stereocenters. The van der Waals surface area contributed by atoms with Crippen molar-refractivity contribution in [1.29, 1.82) is 0 Å². The maximum absolute atomic E-state index is 13.0. The molecule has 0 aliphatic rings. The van der Waals surface area contributed by atoms with E-state index in [1.807, 2.05) is 30.3 Å². The van der Waals surface area contributed by atoms with E-state index in [0.29, 0.717) is 5.69 Å². The van der Waals surface area contributed by atoms with Gasteiger partial charge in [-0.3, -0.25) is 9.44 Å². The Bertz CT molecular complexity index is 1450. The highest BCUT2D eigenvalue weighted by molar-refractivity contribution is 7.93. The number of nitrogens with one attached hydrogen (secondary N) is 2. The van der Waals surface area contributed by atoms with E-state index >= 15 is 0 Å². The molecule has 0 spiro atoms. The molecule has 0 bridgehead atoms. The molecule has 0 fully saturated rings. The zero-order chi connectivity index (χ0) is 22.1. The second kappa shape index (κ2) is 8.01. The summed E-state index contributed by atoms with van der Waals surface area (Å²) >= 11 is 0. The molecular weight excluding hydrogens is 439 g/mol. The van der Waals surface area contributed by atoms with E-state index < -0.39 is 25.9 Å². The predicted octanol–water partition coefficient (Wildman–Crippen LogP) is 4.58. The summed E-state index contributed by atoms with van der Waals surface area (Å²) in [4.78, 5) is -0.131. The number of fused-ring (bicyclic) bond motifs is 1. The molecule has 158 valence electrons. The molecule has 0 amide bonds. The number of sulfonamides is 2. The third-order valence-corrected chi connectivity index (χ3v) is 7.35. The lowest BCUT2D eigenvalue weighted by Crippen LogP contribution is -2.14. The predicted molar refractivity (Wildman–Crippen MR) is 118 cm³/mol. The molecule has 4 rings (SSSR count). The fraction of sp³-hybridized carbons (Fsp3) is 0. The number of halogens is 1. The van der Waals surface area contributed by atoms with Crippen molar-refractivity contribution in [1.82, 2.24) is 0 Å². The van der Waals surface area contributed by atoms with Crippen LogP contribution >= 0.6 is 0 Å². The third-order valence-electron chi connectivity index (χ3n) is 4.57. The normalized spacial score (nSPS) is 11.9. The highest BCUT2D eigenvalue weighted by atomic mass is 32.2. The first kappa shape index (κ1) is 20.8. The fourth-order valence-corrected chi connectivity index (χ4v) is 5.19. The van der Waals surface area contributed by atoms with Gasteiger partial charge < -0.3 is 0 Å². The van der Waals surface area contributed by atoms with E-state index in [2.05, 4.69) is 9.44 Å². The van der Waals surface area contributed by atoms with Gasteiger partial charge in [-0.2, -0.15) is 0 Å². The quantitative estimate of drug-likeness (QED) is 0.444. The van der Waals surface area contributed by atoms with Crippen LogP contribution in [0.15, 0.2) is 101 Å². The Morgan fingerprint density at radius 2 is 1.13 bits per heavy atom. The molecule has 0 saturated carbocycles. The summed E-state index contributed by atoms with van der Waals surface area (Å²) in [5, 5.41) is 1.66. The molecule has 0 aromatic heterocycles. The Morgan fingerprint density at radius 1 is 0.581 bits per heavy atom. The minimum Gasteiger partial charge on any atom is -0.280 e. The maximum atomic E-state index is 13.0. The highest BCUT2D eigenvalue weighted by Gasteiger charge is 2.17. The van der Waals surface area contributed by atoms with Gasteiger partial charge >= 0.3 is 0 Å². The van der Waals surface area contributed by atoms with Gasteiger partial charge in [0.05, 0.1) is 15.5 Å². The topological polar surface area (TPSA) is 92.3 Å². The summed E-state index contributed by atoms with van der Waals surface area (Å²) < 4.78 is 68.4. The third kappa shape index (κ3) is 4.52. The first-order valence-electron chi connectivity index (χ1n) is 9.14. The van der Waals surface area contributed by atoms with Crippen molar-refractivity contribution in [3.8, 4) is 0 Å². The molecule has 4 aromatic rings. The number of benzene rings is 4. The van der Waals surface area contributed by atoms with E-state index in [-0.39, 0.29) is 15.5 Å². The van der Waals surface area contributed by atoms with Crippen LogP contribution in [0.5, 0.6) is 0 Å². The van der Waals surface area contributed by atoms with Crippen molar-refractivity contribution < 1.29 is 21.2 Å². The summed E-state index contributed by atoms with van der Waals surface area (Å²) in [5.74, 6) is -0.549. The van der Waals surface area contributed by atoms with Crippen molar-refractivity contribution in [3.63, 3.8) is 0 Å². The average Bonchev–Trinajstić information content (AvgIpc) is 2.74. The van der Waals surface area contributed by atoms with Crippen LogP contribution in [0, 0.1) is 5.82 Å². The molecule has 31 heavy (non-hydrogen) atoms. The van der Waals surface area contributed by atoms with Gasteiger partial charge in [0.15, 0.2) is 0 Å². The van der Waals surface area contributed by atoms with Crippen molar-refractivity contribution in [2.45, 2.75) is 9.79 Å². The minimum atomic E-state index is -3.93. The van der Waals surface area contributed by atoms with Crippen LogP contribution < -0.4 is 9.44 Å². The van der Waals surface area contributed by atoms with Crippen molar-refractivity contribution in [2.75, 3.05) is 9.44 Å². The zero-order valence-electron chi connectivity index (χ0n) is 16.0. The van der Waals surface area contributed by atoms with Gasteiger partial charge in [0, 0.05) is 11.1 Å². The monoisotopic (exact) mass is 456 g/mol. The largest absolute Gasteiger partial charge is 0.280 e. The molecular formula is C22H17FN2O4S2. The molecule has 0 aliphatic carbocycles. The molecule has 2 N–H and O–H groups in total. The minimum absolute atomic E-state index is 0.0230. The first-order valence-corrected chi connectivity index (χ1v) is 12.1. The van der Waals surface area contributed by atoms with E-state index in [9.17, 15) is 21.2 Å². The molecule has 0 heterocycles. The van der Waals surface area contributed by atoms with Crippen molar-refractivity contribution in [3.05, 3.63) is 96.8 Å². The summed E-state index contributed by atoms with van der Waals surface area (Å²) in [6, 6.07) is 22.4. The molecule has 6 nitrogen and oxygen atoms in total. The fourth-order valence-electron chi connectivity index (χ4n) is 3.05. The molecule has 4 aromatic carbocycles. The molecule has 0 saturated heterocycles. The van der Waals surface area contributed by atoms with Crippen molar-refractivity contribution in [2.24, 2.45) is 0 Å². The zero-order valence-corrected chi connectivity index (χ0v) is 17.6. The number of hydrogen-bond donors (Lipinski definition) is 2.